The molecule has 4 rings (SSSR count). The molecule has 1 aromatic rings. The third-order valence-electron chi connectivity index (χ3n) is 8.08. The number of carbonyl (C=O) groups excluding carboxylic acids is 3. The Hall–Kier alpha value is -2.35. The van der Waals surface area contributed by atoms with Crippen LogP contribution in [0.4, 0.5) is 0 Å². The van der Waals surface area contributed by atoms with Gasteiger partial charge in [-0.05, 0) is 55.6 Å². The molecule has 2 amide bonds. The number of hydrazone groups is 1. The van der Waals surface area contributed by atoms with Gasteiger partial charge in [0.15, 0.2) is 6.61 Å². The predicted octanol–water partition coefficient (Wildman–Crippen LogP) is 3.88. The summed E-state index contributed by atoms with van der Waals surface area (Å²) in [5.74, 6) is -0.0748. The van der Waals surface area contributed by atoms with E-state index in [1.165, 1.54) is 18.2 Å². The highest BCUT2D eigenvalue weighted by Crippen LogP contribution is 2.63. The first kappa shape index (κ1) is 23.8. The molecule has 2 unspecified atom stereocenters. The van der Waals surface area contributed by atoms with Crippen LogP contribution in [0.3, 0.4) is 0 Å². The molecule has 2 atom stereocenters. The van der Waals surface area contributed by atoms with Gasteiger partial charge in [0.05, 0.1) is 11.3 Å². The molecule has 1 aliphatic heterocycles. The van der Waals surface area contributed by atoms with E-state index >= 15 is 0 Å². The van der Waals surface area contributed by atoms with E-state index in [9.17, 15) is 14.4 Å². The van der Waals surface area contributed by atoms with Gasteiger partial charge in [-0.1, -0.05) is 32.9 Å². The maximum atomic E-state index is 12.6. The largest absolute Gasteiger partial charge is 0.452 e. The molecule has 1 aromatic carbocycles. The molecule has 8 heteroatoms. The fraction of sp³-hybridized carbons (Fsp3) is 0.600. The minimum atomic E-state index is -0.581. The summed E-state index contributed by atoms with van der Waals surface area (Å²) in [7, 11) is 0. The van der Waals surface area contributed by atoms with E-state index in [2.05, 4.69) is 31.3 Å². The number of amides is 2. The summed E-state index contributed by atoms with van der Waals surface area (Å²) in [6.45, 7) is 8.01. The Morgan fingerprint density at radius 3 is 2.58 bits per heavy atom. The van der Waals surface area contributed by atoms with Crippen LogP contribution >= 0.6 is 11.8 Å². The van der Waals surface area contributed by atoms with Gasteiger partial charge in [0, 0.05) is 29.1 Å². The van der Waals surface area contributed by atoms with Crippen molar-refractivity contribution in [2.75, 3.05) is 25.4 Å². The molecule has 0 aromatic heterocycles. The highest BCUT2D eigenvalue weighted by atomic mass is 32.2. The van der Waals surface area contributed by atoms with E-state index in [0.717, 1.165) is 44.5 Å². The maximum absolute atomic E-state index is 12.6. The smallest absolute Gasteiger partial charge is 0.339 e. The molecule has 7 nitrogen and oxygen atoms in total. The molecule has 2 bridgehead atoms. The molecular weight excluding hydrogens is 438 g/mol. The average Bonchev–Trinajstić information content (AvgIpc) is 3.46. The van der Waals surface area contributed by atoms with Crippen molar-refractivity contribution in [3.05, 3.63) is 29.8 Å². The molecule has 3 fully saturated rings. The number of rotatable bonds is 7. The van der Waals surface area contributed by atoms with Crippen molar-refractivity contribution in [2.45, 2.75) is 57.8 Å². The molecule has 2 aliphatic carbocycles. The second kappa shape index (κ2) is 9.49. The fourth-order valence-corrected chi connectivity index (χ4v) is 6.37. The van der Waals surface area contributed by atoms with Crippen LogP contribution in [0.2, 0.25) is 0 Å². The number of esters is 1. The van der Waals surface area contributed by atoms with Gasteiger partial charge in [-0.3, -0.25) is 9.59 Å². The van der Waals surface area contributed by atoms with Crippen LogP contribution in [0.15, 0.2) is 34.3 Å². The molecule has 0 radical (unpaired) electrons. The third-order valence-corrected chi connectivity index (χ3v) is 9.14. The lowest BCUT2D eigenvalue weighted by Crippen LogP contribution is -2.35. The number of ether oxygens (including phenoxy) is 1. The van der Waals surface area contributed by atoms with Crippen LogP contribution in [-0.2, 0) is 14.3 Å². The van der Waals surface area contributed by atoms with Gasteiger partial charge in [-0.2, -0.15) is 5.10 Å². The van der Waals surface area contributed by atoms with Crippen molar-refractivity contribution in [3.63, 3.8) is 0 Å². The zero-order chi connectivity index (χ0) is 23.6. The monoisotopic (exact) mass is 471 g/mol. The lowest BCUT2D eigenvalue weighted by atomic mass is 9.70. The molecule has 33 heavy (non-hydrogen) atoms. The quantitative estimate of drug-likeness (QED) is 0.370. The summed E-state index contributed by atoms with van der Waals surface area (Å²) in [6, 6.07) is 7.01. The number of thioether (sulfide) groups is 1. The number of hydrogen-bond acceptors (Lipinski definition) is 6. The number of hydrogen-bond donors (Lipinski definition) is 1. The van der Waals surface area contributed by atoms with Crippen LogP contribution in [0.1, 0.15) is 63.2 Å². The number of fused-ring (bicyclic) bond motifs is 2. The summed E-state index contributed by atoms with van der Waals surface area (Å²) in [6.07, 6.45) is 5.29. The number of nitrogens with one attached hydrogen (secondary N) is 1. The molecule has 1 saturated heterocycles. The van der Waals surface area contributed by atoms with Gasteiger partial charge in [-0.15, -0.1) is 11.8 Å². The second-order valence-electron chi connectivity index (χ2n) is 10.0. The fourth-order valence-electron chi connectivity index (χ4n) is 5.43. The van der Waals surface area contributed by atoms with Crippen LogP contribution in [0.5, 0.6) is 0 Å². The zero-order valence-electron chi connectivity index (χ0n) is 19.7. The van der Waals surface area contributed by atoms with Crippen molar-refractivity contribution in [1.29, 1.82) is 0 Å². The summed E-state index contributed by atoms with van der Waals surface area (Å²) < 4.78 is 5.25. The van der Waals surface area contributed by atoms with Crippen LogP contribution in [0.25, 0.3) is 0 Å². The Morgan fingerprint density at radius 2 is 1.91 bits per heavy atom. The van der Waals surface area contributed by atoms with Crippen LogP contribution in [-0.4, -0.2) is 53.8 Å². The van der Waals surface area contributed by atoms with E-state index in [1.54, 1.807) is 18.2 Å². The molecule has 1 heterocycles. The normalized spacial score (nSPS) is 26.6. The van der Waals surface area contributed by atoms with Gasteiger partial charge in [-0.25, -0.2) is 10.2 Å². The molecule has 0 spiro atoms. The maximum Gasteiger partial charge on any atom is 0.339 e. The predicted molar refractivity (Wildman–Crippen MR) is 128 cm³/mol. The van der Waals surface area contributed by atoms with Crippen LogP contribution < -0.4 is 5.43 Å². The lowest BCUT2D eigenvalue weighted by molar-refractivity contribution is -0.127. The van der Waals surface area contributed by atoms with E-state index in [-0.39, 0.29) is 22.5 Å². The van der Waals surface area contributed by atoms with Gasteiger partial charge in [0.25, 0.3) is 5.91 Å². The standard InChI is InChI=1S/C25H33N3O4S/c1-24(2)17-10-11-25(24,3)20(14-17)26-27-21(29)15-32-23(31)18-8-4-5-9-19(18)33-16-22(30)28-12-6-7-13-28/h4-5,8-9,17H,6-7,10-16H2,1-3H3,(H,27,29)/b26-20-. The molecular formula is C25H33N3O4S. The van der Waals surface area contributed by atoms with E-state index in [0.29, 0.717) is 16.4 Å². The number of nitrogens with zero attached hydrogens (tertiary/aromatic N) is 2. The van der Waals surface area contributed by atoms with Gasteiger partial charge < -0.3 is 9.64 Å². The minimum absolute atomic E-state index is 0.00426. The molecule has 178 valence electrons. The van der Waals surface area contributed by atoms with Crippen molar-refractivity contribution < 1.29 is 19.1 Å². The second-order valence-corrected chi connectivity index (χ2v) is 11.1. The van der Waals surface area contributed by atoms with Gasteiger partial charge >= 0.3 is 5.97 Å². The summed E-state index contributed by atoms with van der Waals surface area (Å²) in [5.41, 5.74) is 4.16. The van der Waals surface area contributed by atoms with Crippen molar-refractivity contribution in [2.24, 2.45) is 21.8 Å². The van der Waals surface area contributed by atoms with E-state index < -0.39 is 18.5 Å². The molecule has 3 aliphatic rings. The molecule has 2 saturated carbocycles. The first-order valence-electron chi connectivity index (χ1n) is 11.7. The SMILES string of the molecule is CC12CCC(C/C1=N/NC(=O)COC(=O)c1ccccc1SCC(=O)N1CCCC1)C2(C)C. The average molecular weight is 472 g/mol. The first-order valence-corrected chi connectivity index (χ1v) is 12.7. The van der Waals surface area contributed by atoms with Crippen LogP contribution in [0, 0.1) is 16.7 Å². The third kappa shape index (κ3) is 4.67. The van der Waals surface area contributed by atoms with Gasteiger partial charge in [0.1, 0.15) is 0 Å². The Balaban J connectivity index is 1.29. The van der Waals surface area contributed by atoms with E-state index in [1.807, 2.05) is 11.0 Å². The summed E-state index contributed by atoms with van der Waals surface area (Å²) in [5, 5.41) is 4.41. The Morgan fingerprint density at radius 1 is 1.18 bits per heavy atom. The van der Waals surface area contributed by atoms with Gasteiger partial charge in [0.2, 0.25) is 5.91 Å². The topological polar surface area (TPSA) is 88.1 Å². The number of likely N-dealkylation sites (tertiary alicyclic amines) is 1. The van der Waals surface area contributed by atoms with Crippen molar-refractivity contribution in [3.8, 4) is 0 Å². The summed E-state index contributed by atoms with van der Waals surface area (Å²) in [4.78, 5) is 39.8. The Kier molecular flexibility index (Phi) is 6.84. The summed E-state index contributed by atoms with van der Waals surface area (Å²) >= 11 is 1.32. The molecule has 1 N–H and O–H groups in total. The highest BCUT2D eigenvalue weighted by molar-refractivity contribution is 8.00. The Bertz CT molecular complexity index is 970. The van der Waals surface area contributed by atoms with Crippen molar-refractivity contribution >= 4 is 35.3 Å². The minimum Gasteiger partial charge on any atom is -0.452 e. The Labute approximate surface area is 199 Å². The number of carbonyl (C=O) groups is 3. The highest BCUT2D eigenvalue weighted by Gasteiger charge is 2.60. The first-order chi connectivity index (χ1) is 15.7. The zero-order valence-corrected chi connectivity index (χ0v) is 20.5. The lowest BCUT2D eigenvalue weighted by Gasteiger charge is -2.34. The number of benzene rings is 1. The van der Waals surface area contributed by atoms with E-state index in [4.69, 9.17) is 4.74 Å². The van der Waals surface area contributed by atoms with Crippen molar-refractivity contribution in [1.82, 2.24) is 10.3 Å².